The first-order valence-electron chi connectivity index (χ1n) is 5.71. The third-order valence-corrected chi connectivity index (χ3v) is 2.99. The summed E-state index contributed by atoms with van der Waals surface area (Å²) in [5.41, 5.74) is 4.88. The van der Waals surface area contributed by atoms with Crippen LogP contribution < -0.4 is 4.80 Å². The molecule has 0 unspecified atom stereocenters. The van der Waals surface area contributed by atoms with Gasteiger partial charge >= 0.3 is 0 Å². The number of aromatic nitrogens is 5. The number of aromatic amines is 2. The molecule has 2 heterocycles. The van der Waals surface area contributed by atoms with E-state index in [9.17, 15) is 0 Å². The maximum absolute atomic E-state index is 4.50. The van der Waals surface area contributed by atoms with Gasteiger partial charge in [-0.05, 0) is 18.2 Å². The molecule has 86 valence electrons. The van der Waals surface area contributed by atoms with E-state index >= 15 is 0 Å². The summed E-state index contributed by atoms with van der Waals surface area (Å²) < 4.78 is 0. The van der Waals surface area contributed by atoms with E-state index < -0.39 is 0 Å². The summed E-state index contributed by atoms with van der Waals surface area (Å²) in [6, 6.07) is 13.9. The fourth-order valence-electron chi connectivity index (χ4n) is 2.08. The lowest BCUT2D eigenvalue weighted by atomic mass is 10.3. The number of nitrogens with one attached hydrogen (secondary N) is 2. The van der Waals surface area contributed by atoms with E-state index in [1.807, 2.05) is 42.5 Å². The van der Waals surface area contributed by atoms with Crippen molar-refractivity contribution in [3.8, 4) is 5.69 Å². The molecule has 0 aliphatic heterocycles. The minimum absolute atomic E-state index is 0.931. The van der Waals surface area contributed by atoms with Crippen LogP contribution in [0.4, 0.5) is 0 Å². The van der Waals surface area contributed by atoms with Crippen molar-refractivity contribution in [3.05, 3.63) is 48.8 Å². The van der Waals surface area contributed by atoms with Crippen LogP contribution in [0.1, 0.15) is 0 Å². The summed E-state index contributed by atoms with van der Waals surface area (Å²) in [6.45, 7) is 0. The highest BCUT2D eigenvalue weighted by Gasteiger charge is 2.13. The first-order valence-corrected chi connectivity index (χ1v) is 5.71. The Bertz CT molecular complexity index is 809. The van der Waals surface area contributed by atoms with Crippen molar-refractivity contribution in [1.29, 1.82) is 0 Å². The Kier molecular flexibility index (Phi) is 1.77. The average molecular weight is 236 g/mol. The zero-order valence-electron chi connectivity index (χ0n) is 9.46. The monoisotopic (exact) mass is 236 g/mol. The highest BCUT2D eigenvalue weighted by atomic mass is 15.5. The zero-order chi connectivity index (χ0) is 11.9. The van der Waals surface area contributed by atoms with Crippen LogP contribution in [-0.4, -0.2) is 20.2 Å². The summed E-state index contributed by atoms with van der Waals surface area (Å²) in [4.78, 5) is 9.08. The molecule has 0 radical (unpaired) electrons. The van der Waals surface area contributed by atoms with Crippen LogP contribution in [0, 0.1) is 0 Å². The topological polar surface area (TPSA) is 61.2 Å². The first kappa shape index (κ1) is 9.35. The molecule has 0 atom stereocenters. The normalized spacial score (nSPS) is 11.3. The Morgan fingerprint density at radius 1 is 0.944 bits per heavy atom. The van der Waals surface area contributed by atoms with Gasteiger partial charge in [-0.3, -0.25) is 0 Å². The van der Waals surface area contributed by atoms with Crippen molar-refractivity contribution in [2.45, 2.75) is 0 Å². The molecule has 0 saturated heterocycles. The van der Waals surface area contributed by atoms with Crippen LogP contribution in [0.15, 0.2) is 48.8 Å². The molecule has 0 bridgehead atoms. The molecule has 0 aliphatic rings. The van der Waals surface area contributed by atoms with E-state index in [1.165, 1.54) is 0 Å². The number of hydrogen-bond acceptors (Lipinski definition) is 2. The van der Waals surface area contributed by atoms with Crippen molar-refractivity contribution in [3.63, 3.8) is 0 Å². The van der Waals surface area contributed by atoms with Crippen LogP contribution in [0.25, 0.3) is 27.8 Å². The third kappa shape index (κ3) is 1.31. The van der Waals surface area contributed by atoms with Gasteiger partial charge in [0.25, 0.3) is 5.69 Å². The second kappa shape index (κ2) is 3.40. The van der Waals surface area contributed by atoms with Gasteiger partial charge < -0.3 is 4.98 Å². The maximum atomic E-state index is 4.50. The number of nitrogens with zero attached hydrogens (tertiary/aromatic N) is 3. The summed E-state index contributed by atoms with van der Waals surface area (Å²) in [5.74, 6) is 0. The molecule has 2 aromatic carbocycles. The lowest BCUT2D eigenvalue weighted by molar-refractivity contribution is -0.710. The molecule has 18 heavy (non-hydrogen) atoms. The number of imidazole rings is 1. The number of fused-ring (bicyclic) bond motifs is 2. The van der Waals surface area contributed by atoms with Gasteiger partial charge in [0.1, 0.15) is 5.52 Å². The highest BCUT2D eigenvalue weighted by molar-refractivity contribution is 5.76. The zero-order valence-corrected chi connectivity index (χ0v) is 9.46. The molecule has 0 saturated carbocycles. The third-order valence-electron chi connectivity index (χ3n) is 2.99. The Balaban J connectivity index is 1.94. The quantitative estimate of drug-likeness (QED) is 0.494. The molecule has 0 fully saturated rings. The average Bonchev–Trinajstić information content (AvgIpc) is 3.04. The first-order chi connectivity index (χ1) is 8.90. The fourth-order valence-corrected chi connectivity index (χ4v) is 2.08. The van der Waals surface area contributed by atoms with Crippen molar-refractivity contribution in [1.82, 2.24) is 20.2 Å². The van der Waals surface area contributed by atoms with Crippen molar-refractivity contribution >= 4 is 22.1 Å². The molecule has 5 heteroatoms. The van der Waals surface area contributed by atoms with Crippen molar-refractivity contribution < 1.29 is 4.80 Å². The summed E-state index contributed by atoms with van der Waals surface area (Å²) in [6.07, 6.45) is 1.69. The number of rotatable bonds is 1. The predicted molar refractivity (Wildman–Crippen MR) is 67.3 cm³/mol. The molecule has 0 aliphatic carbocycles. The van der Waals surface area contributed by atoms with Crippen LogP contribution in [0.2, 0.25) is 0 Å². The van der Waals surface area contributed by atoms with E-state index in [-0.39, 0.29) is 0 Å². The predicted octanol–water partition coefficient (Wildman–Crippen LogP) is 1.72. The van der Waals surface area contributed by atoms with Gasteiger partial charge in [-0.2, -0.15) is 0 Å². The number of benzene rings is 2. The Hall–Kier alpha value is -2.69. The van der Waals surface area contributed by atoms with Gasteiger partial charge in [-0.1, -0.05) is 12.1 Å². The summed E-state index contributed by atoms with van der Waals surface area (Å²) in [5, 5.41) is 7.73. The molecular formula is C13H10N5+. The Morgan fingerprint density at radius 2 is 1.89 bits per heavy atom. The second-order valence-electron chi connectivity index (χ2n) is 4.14. The number of para-hydroxylation sites is 1. The number of hydrogen-bond donors (Lipinski definition) is 2. The molecule has 5 nitrogen and oxygen atoms in total. The van der Waals surface area contributed by atoms with Crippen LogP contribution in [-0.2, 0) is 0 Å². The van der Waals surface area contributed by atoms with Crippen LogP contribution >= 0.6 is 0 Å². The van der Waals surface area contributed by atoms with E-state index in [1.54, 1.807) is 11.1 Å². The lowest BCUT2D eigenvalue weighted by Crippen LogP contribution is -2.35. The molecule has 2 aromatic heterocycles. The SMILES string of the molecule is c1ccc2[nH][n+](-c3ccc4[nH]cnc4c3)nc2c1. The Labute approximate surface area is 102 Å². The fraction of sp³-hybridized carbons (Fsp3) is 0. The minimum Gasteiger partial charge on any atom is -0.345 e. The highest BCUT2D eigenvalue weighted by Crippen LogP contribution is 2.12. The summed E-state index contributed by atoms with van der Waals surface area (Å²) in [7, 11) is 0. The molecule has 4 rings (SSSR count). The van der Waals surface area contributed by atoms with Gasteiger partial charge in [0.2, 0.25) is 0 Å². The van der Waals surface area contributed by atoms with Gasteiger partial charge in [-0.15, -0.1) is 5.10 Å². The molecule has 0 spiro atoms. The van der Waals surface area contributed by atoms with Crippen molar-refractivity contribution in [2.24, 2.45) is 0 Å². The van der Waals surface area contributed by atoms with Crippen LogP contribution in [0.3, 0.4) is 0 Å². The van der Waals surface area contributed by atoms with Crippen LogP contribution in [0.5, 0.6) is 0 Å². The smallest absolute Gasteiger partial charge is 0.268 e. The number of H-pyrrole nitrogens is 2. The largest absolute Gasteiger partial charge is 0.345 e. The molecular weight excluding hydrogens is 226 g/mol. The molecule has 4 aromatic rings. The van der Waals surface area contributed by atoms with E-state index in [4.69, 9.17) is 0 Å². The molecule has 2 N–H and O–H groups in total. The van der Waals surface area contributed by atoms with Gasteiger partial charge in [0.15, 0.2) is 5.52 Å². The Morgan fingerprint density at radius 3 is 2.83 bits per heavy atom. The van der Waals surface area contributed by atoms with E-state index in [0.29, 0.717) is 0 Å². The second-order valence-corrected chi connectivity index (χ2v) is 4.14. The van der Waals surface area contributed by atoms with E-state index in [2.05, 4.69) is 20.2 Å². The standard InChI is InChI=1S/C13H9N5/c1-2-4-12-11(3-1)16-18(17-12)9-5-6-10-13(7-9)15-8-14-10/h1-8H,(H,14,15)/p+1. The van der Waals surface area contributed by atoms with Gasteiger partial charge in [-0.25, -0.2) is 4.98 Å². The van der Waals surface area contributed by atoms with E-state index in [0.717, 1.165) is 27.8 Å². The maximum Gasteiger partial charge on any atom is 0.268 e. The lowest BCUT2D eigenvalue weighted by Gasteiger charge is -1.88. The van der Waals surface area contributed by atoms with Gasteiger partial charge in [0, 0.05) is 22.0 Å². The summed E-state index contributed by atoms with van der Waals surface area (Å²) >= 11 is 0. The molecule has 0 amide bonds. The van der Waals surface area contributed by atoms with Gasteiger partial charge in [0.05, 0.1) is 17.4 Å². The minimum atomic E-state index is 0.931. The van der Waals surface area contributed by atoms with Crippen molar-refractivity contribution in [2.75, 3.05) is 0 Å².